The second kappa shape index (κ2) is 5.86. The van der Waals surface area contributed by atoms with Crippen LogP contribution < -0.4 is 5.32 Å². The number of rotatable bonds is 4. The predicted molar refractivity (Wildman–Crippen MR) is 69.6 cm³/mol. The summed E-state index contributed by atoms with van der Waals surface area (Å²) in [6.45, 7) is 1.97. The fraction of sp³-hybridized carbons (Fsp3) is 0.615. The first-order valence-corrected chi connectivity index (χ1v) is 6.60. The highest BCUT2D eigenvalue weighted by Crippen LogP contribution is 2.29. The van der Waals surface area contributed by atoms with Gasteiger partial charge in [-0.25, -0.2) is 0 Å². The van der Waals surface area contributed by atoms with Crippen molar-refractivity contribution in [1.29, 1.82) is 0 Å². The van der Waals surface area contributed by atoms with Crippen LogP contribution in [-0.4, -0.2) is 26.8 Å². The molecule has 0 bridgehead atoms. The number of anilines is 1. The number of carbonyl (C=O) groups is 2. The molecule has 1 aliphatic rings. The Morgan fingerprint density at radius 1 is 1.53 bits per heavy atom. The van der Waals surface area contributed by atoms with Crippen molar-refractivity contribution in [3.8, 4) is 0 Å². The van der Waals surface area contributed by atoms with E-state index in [0.29, 0.717) is 11.7 Å². The number of aliphatic carboxylic acids is 1. The minimum atomic E-state index is -0.956. The fourth-order valence-electron chi connectivity index (χ4n) is 2.56. The lowest BCUT2D eigenvalue weighted by Crippen LogP contribution is -2.27. The molecule has 1 saturated carbocycles. The summed E-state index contributed by atoms with van der Waals surface area (Å²) in [5.41, 5.74) is 0. The molecule has 1 heterocycles. The summed E-state index contributed by atoms with van der Waals surface area (Å²) in [6.07, 6.45) is 5.67. The largest absolute Gasteiger partial charge is 0.480 e. The second-order valence-corrected chi connectivity index (χ2v) is 5.25. The van der Waals surface area contributed by atoms with E-state index in [0.717, 1.165) is 19.3 Å². The minimum absolute atomic E-state index is 0.00729. The van der Waals surface area contributed by atoms with E-state index in [-0.39, 0.29) is 18.4 Å². The lowest BCUT2D eigenvalue weighted by atomic mass is 9.82. The standard InChI is InChI=1S/C13H19N3O3/c1-9-3-2-4-10(7-9)13(19)14-11-5-6-16(15-11)8-12(17)18/h5-6,9-10H,2-4,7-8H2,1H3,(H,17,18)(H,14,15,19)/t9-,10+/m1/s1. The molecule has 6 heteroatoms. The normalized spacial score (nSPS) is 23.0. The molecule has 6 nitrogen and oxygen atoms in total. The number of nitrogens with zero attached hydrogens (tertiary/aromatic N) is 2. The summed E-state index contributed by atoms with van der Waals surface area (Å²) in [4.78, 5) is 22.6. The molecule has 2 rings (SSSR count). The first-order valence-electron chi connectivity index (χ1n) is 6.60. The fourth-order valence-corrected chi connectivity index (χ4v) is 2.56. The molecule has 1 aliphatic carbocycles. The maximum atomic E-state index is 12.1. The van der Waals surface area contributed by atoms with E-state index < -0.39 is 5.97 Å². The maximum Gasteiger partial charge on any atom is 0.325 e. The first-order chi connectivity index (χ1) is 9.04. The van der Waals surface area contributed by atoms with Crippen molar-refractivity contribution in [2.75, 3.05) is 5.32 Å². The lowest BCUT2D eigenvalue weighted by molar-refractivity contribution is -0.137. The summed E-state index contributed by atoms with van der Waals surface area (Å²) in [5.74, 6) is 0.0983. The van der Waals surface area contributed by atoms with Crippen molar-refractivity contribution >= 4 is 17.7 Å². The second-order valence-electron chi connectivity index (χ2n) is 5.25. The quantitative estimate of drug-likeness (QED) is 0.868. The molecular weight excluding hydrogens is 246 g/mol. The molecule has 0 radical (unpaired) electrons. The van der Waals surface area contributed by atoms with Crippen LogP contribution in [0.25, 0.3) is 0 Å². The number of carboxylic acid groups (broad SMARTS) is 1. The van der Waals surface area contributed by atoms with Crippen LogP contribution in [0.4, 0.5) is 5.82 Å². The molecule has 0 unspecified atom stereocenters. The molecule has 19 heavy (non-hydrogen) atoms. The van der Waals surface area contributed by atoms with E-state index in [1.807, 2.05) is 0 Å². The molecule has 1 amide bonds. The van der Waals surface area contributed by atoms with Crippen LogP contribution in [0.15, 0.2) is 12.3 Å². The molecule has 1 fully saturated rings. The Hall–Kier alpha value is -1.85. The van der Waals surface area contributed by atoms with Gasteiger partial charge in [-0.3, -0.25) is 14.3 Å². The van der Waals surface area contributed by atoms with Crippen molar-refractivity contribution in [3.63, 3.8) is 0 Å². The summed E-state index contributed by atoms with van der Waals surface area (Å²) in [6, 6.07) is 1.62. The molecule has 0 saturated heterocycles. The molecule has 2 N–H and O–H groups in total. The Bertz CT molecular complexity index is 469. The van der Waals surface area contributed by atoms with Crippen molar-refractivity contribution in [1.82, 2.24) is 9.78 Å². The molecule has 1 aromatic rings. The van der Waals surface area contributed by atoms with Crippen LogP contribution in [0.2, 0.25) is 0 Å². The number of amides is 1. The Morgan fingerprint density at radius 2 is 2.32 bits per heavy atom. The Labute approximate surface area is 111 Å². The number of carbonyl (C=O) groups excluding carboxylic acids is 1. The third-order valence-corrected chi connectivity index (χ3v) is 3.50. The van der Waals surface area contributed by atoms with Gasteiger partial charge in [-0.2, -0.15) is 5.10 Å². The first kappa shape index (κ1) is 13.6. The zero-order valence-electron chi connectivity index (χ0n) is 11.0. The van der Waals surface area contributed by atoms with Gasteiger partial charge in [-0.05, 0) is 18.8 Å². The average molecular weight is 265 g/mol. The number of carboxylic acids is 1. The van der Waals surface area contributed by atoms with Crippen LogP contribution in [-0.2, 0) is 16.1 Å². The summed E-state index contributed by atoms with van der Waals surface area (Å²) < 4.78 is 1.29. The van der Waals surface area contributed by atoms with Gasteiger partial charge in [-0.1, -0.05) is 19.8 Å². The Balaban J connectivity index is 1.91. The third kappa shape index (κ3) is 3.81. The van der Waals surface area contributed by atoms with Gasteiger partial charge in [0.05, 0.1) is 0 Å². The summed E-state index contributed by atoms with van der Waals surface area (Å²) >= 11 is 0. The van der Waals surface area contributed by atoms with Crippen LogP contribution >= 0.6 is 0 Å². The van der Waals surface area contributed by atoms with E-state index in [1.54, 1.807) is 12.3 Å². The van der Waals surface area contributed by atoms with Gasteiger partial charge in [0.1, 0.15) is 6.54 Å². The number of nitrogens with one attached hydrogen (secondary N) is 1. The maximum absolute atomic E-state index is 12.1. The topological polar surface area (TPSA) is 84.2 Å². The van der Waals surface area contributed by atoms with Crippen molar-refractivity contribution in [2.45, 2.75) is 39.2 Å². The van der Waals surface area contributed by atoms with E-state index in [9.17, 15) is 9.59 Å². The molecular formula is C13H19N3O3. The van der Waals surface area contributed by atoms with Crippen molar-refractivity contribution in [3.05, 3.63) is 12.3 Å². The molecule has 104 valence electrons. The van der Waals surface area contributed by atoms with Crippen molar-refractivity contribution < 1.29 is 14.7 Å². The highest BCUT2D eigenvalue weighted by atomic mass is 16.4. The summed E-state index contributed by atoms with van der Waals surface area (Å²) in [5, 5.41) is 15.4. The SMILES string of the molecule is C[C@@H]1CCC[C@H](C(=O)Nc2ccn(CC(=O)O)n2)C1. The van der Waals surface area contributed by atoms with Crippen LogP contribution in [0, 0.1) is 11.8 Å². The van der Waals surface area contributed by atoms with E-state index >= 15 is 0 Å². The van der Waals surface area contributed by atoms with E-state index in [2.05, 4.69) is 17.3 Å². The van der Waals surface area contributed by atoms with Crippen molar-refractivity contribution in [2.24, 2.45) is 11.8 Å². The van der Waals surface area contributed by atoms with E-state index in [1.165, 1.54) is 11.1 Å². The highest BCUT2D eigenvalue weighted by Gasteiger charge is 2.25. The van der Waals surface area contributed by atoms with Crippen LogP contribution in [0.3, 0.4) is 0 Å². The van der Waals surface area contributed by atoms with Gasteiger partial charge in [0.2, 0.25) is 5.91 Å². The Morgan fingerprint density at radius 3 is 3.00 bits per heavy atom. The van der Waals surface area contributed by atoms with Crippen LogP contribution in [0.1, 0.15) is 32.6 Å². The Kier molecular flexibility index (Phi) is 4.19. The monoisotopic (exact) mass is 265 g/mol. The van der Waals surface area contributed by atoms with Gasteiger partial charge in [0, 0.05) is 18.2 Å². The zero-order chi connectivity index (χ0) is 13.8. The highest BCUT2D eigenvalue weighted by molar-refractivity contribution is 5.91. The van der Waals surface area contributed by atoms with Gasteiger partial charge >= 0.3 is 5.97 Å². The van der Waals surface area contributed by atoms with E-state index in [4.69, 9.17) is 5.11 Å². The third-order valence-electron chi connectivity index (χ3n) is 3.50. The summed E-state index contributed by atoms with van der Waals surface area (Å²) in [7, 11) is 0. The molecule has 2 atom stereocenters. The van der Waals surface area contributed by atoms with Gasteiger partial charge in [0.15, 0.2) is 5.82 Å². The number of hydrogen-bond acceptors (Lipinski definition) is 3. The minimum Gasteiger partial charge on any atom is -0.480 e. The predicted octanol–water partition coefficient (Wildman–Crippen LogP) is 1.73. The molecule has 0 aromatic carbocycles. The average Bonchev–Trinajstić information content (AvgIpc) is 2.75. The van der Waals surface area contributed by atoms with Gasteiger partial charge < -0.3 is 10.4 Å². The van der Waals surface area contributed by atoms with Gasteiger partial charge in [-0.15, -0.1) is 0 Å². The number of aromatic nitrogens is 2. The zero-order valence-corrected chi connectivity index (χ0v) is 11.0. The molecule has 0 spiro atoms. The molecule has 0 aliphatic heterocycles. The smallest absolute Gasteiger partial charge is 0.325 e. The van der Waals surface area contributed by atoms with Gasteiger partial charge in [0.25, 0.3) is 0 Å². The lowest BCUT2D eigenvalue weighted by Gasteiger charge is -2.25. The van der Waals surface area contributed by atoms with Crippen LogP contribution in [0.5, 0.6) is 0 Å². The molecule has 1 aromatic heterocycles. The number of hydrogen-bond donors (Lipinski definition) is 2.